The maximum atomic E-state index is 6.51. The minimum absolute atomic E-state index is 0.164. The number of unbranched alkanes of at least 4 members (excludes halogenated alkanes) is 12. The summed E-state index contributed by atoms with van der Waals surface area (Å²) in [6.45, 7) is 25.8. The van der Waals surface area contributed by atoms with Crippen LogP contribution in [0.25, 0.3) is 0 Å². The first-order valence-electron chi connectivity index (χ1n) is 29.0. The van der Waals surface area contributed by atoms with Crippen molar-refractivity contribution in [2.75, 3.05) is 59.3 Å². The van der Waals surface area contributed by atoms with E-state index in [4.69, 9.17) is 18.9 Å². The maximum absolute atomic E-state index is 6.51. The number of fused-ring (bicyclic) bond motifs is 1. The third-order valence-corrected chi connectivity index (χ3v) is 17.7. The Hall–Kier alpha value is -0.460. The van der Waals surface area contributed by atoms with Crippen molar-refractivity contribution in [3.8, 4) is 0 Å². The minimum atomic E-state index is 0.164. The van der Waals surface area contributed by atoms with Crippen molar-refractivity contribution in [1.82, 2.24) is 4.90 Å². The number of nitrogens with zero attached hydrogens (tertiary/aromatic N) is 1. The standard InChI is InChI=1S/C59H111NO4/c1-8-10-11-12-13-14-15-16-17-18-19-20-21-22-23-27-43-62-49-53(48-60-41-25-24-26-42-60)64-47-30-45-61-44-29-46-63-52-35-38-58(6,39-36-52)56-37-40-59(7)55(33-34-57(59)54(56)9-2)51(5)32-28-31-50(3)4/h16-17,50-57H,8-15,18-49H2,1-7H3/b17-16-/t51-,52-,53?,54-,55-,56+,57+,58-,59-/m1/s1. The topological polar surface area (TPSA) is 40.2 Å². The molecule has 0 amide bonds. The van der Waals surface area contributed by atoms with E-state index >= 15 is 0 Å². The summed E-state index contributed by atoms with van der Waals surface area (Å²) in [5.74, 6) is 5.46. The zero-order valence-electron chi connectivity index (χ0n) is 44.1. The summed E-state index contributed by atoms with van der Waals surface area (Å²) in [5, 5.41) is 0. The molecule has 376 valence electrons. The zero-order valence-corrected chi connectivity index (χ0v) is 44.1. The summed E-state index contributed by atoms with van der Waals surface area (Å²) in [5.41, 5.74) is 1.07. The molecule has 0 N–H and O–H groups in total. The lowest BCUT2D eigenvalue weighted by atomic mass is 9.50. The van der Waals surface area contributed by atoms with Crippen LogP contribution in [0.3, 0.4) is 0 Å². The smallest absolute Gasteiger partial charge is 0.0934 e. The first-order valence-corrected chi connectivity index (χ1v) is 29.0. The molecule has 3 saturated carbocycles. The van der Waals surface area contributed by atoms with Gasteiger partial charge in [-0.1, -0.05) is 151 Å². The van der Waals surface area contributed by atoms with Gasteiger partial charge in [-0.3, -0.25) is 0 Å². The Morgan fingerprint density at radius 1 is 0.594 bits per heavy atom. The van der Waals surface area contributed by atoms with Crippen LogP contribution in [0.1, 0.15) is 248 Å². The van der Waals surface area contributed by atoms with Crippen LogP contribution < -0.4 is 0 Å². The van der Waals surface area contributed by atoms with E-state index in [9.17, 15) is 0 Å². The molecule has 3 aliphatic carbocycles. The number of allylic oxidation sites excluding steroid dienone is 2. The molecule has 0 aromatic carbocycles. The Balaban J connectivity index is 1.00. The van der Waals surface area contributed by atoms with Gasteiger partial charge in [0.25, 0.3) is 0 Å². The Bertz CT molecular complexity index is 1140. The summed E-state index contributed by atoms with van der Waals surface area (Å²) in [4.78, 5) is 2.60. The Labute approximate surface area is 399 Å². The fraction of sp³-hybridized carbons (Fsp3) is 0.966. The highest BCUT2D eigenvalue weighted by molar-refractivity contribution is 5.06. The number of ether oxygens (including phenoxy) is 4. The van der Waals surface area contributed by atoms with Gasteiger partial charge in [-0.05, 0) is 169 Å². The number of hydrogen-bond donors (Lipinski definition) is 0. The largest absolute Gasteiger partial charge is 0.381 e. The van der Waals surface area contributed by atoms with E-state index in [-0.39, 0.29) is 6.10 Å². The second kappa shape index (κ2) is 33.1. The molecule has 1 heterocycles. The third kappa shape index (κ3) is 20.6. The molecule has 5 nitrogen and oxygen atoms in total. The quantitative estimate of drug-likeness (QED) is 0.0459. The third-order valence-electron chi connectivity index (χ3n) is 17.7. The van der Waals surface area contributed by atoms with Crippen LogP contribution in [0.2, 0.25) is 0 Å². The SMILES string of the molecule is CCCCCCCC/C=C\CCCCCCCCOCC(CN1CCCCC1)OCCCOCCCO[C@H]1CC[C@](C)([C@H]2CC[C@]3(C)[C@@H]([C@H](C)CCCC(C)C)CC[C@H]3[C@@H]2CC)CC1. The van der Waals surface area contributed by atoms with E-state index in [1.165, 1.54) is 199 Å². The molecule has 5 heteroatoms. The van der Waals surface area contributed by atoms with Gasteiger partial charge in [0.2, 0.25) is 0 Å². The molecule has 0 bridgehead atoms. The van der Waals surface area contributed by atoms with Gasteiger partial charge in [-0.15, -0.1) is 0 Å². The summed E-state index contributed by atoms with van der Waals surface area (Å²) in [7, 11) is 0. The Morgan fingerprint density at radius 3 is 1.91 bits per heavy atom. The number of hydrogen-bond acceptors (Lipinski definition) is 5. The number of likely N-dealkylation sites (tertiary alicyclic amines) is 1. The van der Waals surface area contributed by atoms with Crippen molar-refractivity contribution in [3.63, 3.8) is 0 Å². The molecule has 0 aromatic heterocycles. The van der Waals surface area contributed by atoms with Crippen LogP contribution in [0.15, 0.2) is 12.2 Å². The lowest BCUT2D eigenvalue weighted by Crippen LogP contribution is -2.48. The molecular formula is C59H111NO4. The van der Waals surface area contributed by atoms with Crippen molar-refractivity contribution >= 4 is 0 Å². The maximum Gasteiger partial charge on any atom is 0.0934 e. The van der Waals surface area contributed by atoms with Crippen molar-refractivity contribution in [3.05, 3.63) is 12.2 Å². The lowest BCUT2D eigenvalue weighted by Gasteiger charge is -2.56. The van der Waals surface area contributed by atoms with Gasteiger partial charge < -0.3 is 23.8 Å². The van der Waals surface area contributed by atoms with E-state index in [1.54, 1.807) is 0 Å². The minimum Gasteiger partial charge on any atom is -0.381 e. The Morgan fingerprint density at radius 2 is 1.23 bits per heavy atom. The second-order valence-electron chi connectivity index (χ2n) is 23.2. The van der Waals surface area contributed by atoms with Crippen molar-refractivity contribution in [2.45, 2.75) is 260 Å². The molecule has 1 unspecified atom stereocenters. The highest BCUT2D eigenvalue weighted by Gasteiger charge is 2.57. The van der Waals surface area contributed by atoms with Gasteiger partial charge in [0.05, 0.1) is 18.8 Å². The molecule has 0 radical (unpaired) electrons. The van der Waals surface area contributed by atoms with Gasteiger partial charge in [0, 0.05) is 39.6 Å². The summed E-state index contributed by atoms with van der Waals surface area (Å²) in [6, 6.07) is 0. The fourth-order valence-corrected chi connectivity index (χ4v) is 13.7. The molecule has 0 spiro atoms. The van der Waals surface area contributed by atoms with E-state index in [2.05, 4.69) is 65.5 Å². The van der Waals surface area contributed by atoms with Crippen LogP contribution in [0.5, 0.6) is 0 Å². The molecule has 1 saturated heterocycles. The van der Waals surface area contributed by atoms with E-state index < -0.39 is 0 Å². The van der Waals surface area contributed by atoms with Gasteiger partial charge in [0.1, 0.15) is 0 Å². The highest BCUT2D eigenvalue weighted by Crippen LogP contribution is 2.65. The van der Waals surface area contributed by atoms with Crippen LogP contribution in [0.4, 0.5) is 0 Å². The second-order valence-corrected chi connectivity index (χ2v) is 23.2. The van der Waals surface area contributed by atoms with Crippen LogP contribution in [0, 0.1) is 46.3 Å². The Kier molecular flexibility index (Phi) is 29.1. The first kappa shape index (κ1) is 56.1. The monoisotopic (exact) mass is 898 g/mol. The fourth-order valence-electron chi connectivity index (χ4n) is 13.7. The molecule has 4 fully saturated rings. The molecule has 0 aromatic rings. The van der Waals surface area contributed by atoms with Gasteiger partial charge in [0.15, 0.2) is 0 Å². The predicted octanol–water partition coefficient (Wildman–Crippen LogP) is 16.6. The molecule has 4 aliphatic rings. The van der Waals surface area contributed by atoms with Crippen LogP contribution in [-0.4, -0.2) is 76.4 Å². The van der Waals surface area contributed by atoms with Crippen LogP contribution in [-0.2, 0) is 18.9 Å². The summed E-state index contributed by atoms with van der Waals surface area (Å²) < 4.78 is 25.2. The first-order chi connectivity index (χ1) is 31.2. The summed E-state index contributed by atoms with van der Waals surface area (Å²) >= 11 is 0. The number of piperidine rings is 1. The highest BCUT2D eigenvalue weighted by atomic mass is 16.5. The molecule has 1 aliphatic heterocycles. The van der Waals surface area contributed by atoms with Crippen molar-refractivity contribution < 1.29 is 18.9 Å². The zero-order chi connectivity index (χ0) is 45.7. The van der Waals surface area contributed by atoms with Crippen molar-refractivity contribution in [1.29, 1.82) is 0 Å². The van der Waals surface area contributed by atoms with Crippen LogP contribution >= 0.6 is 0 Å². The normalized spacial score (nSPS) is 28.9. The van der Waals surface area contributed by atoms with Crippen molar-refractivity contribution in [2.24, 2.45) is 46.3 Å². The molecule has 4 rings (SSSR count). The predicted molar refractivity (Wildman–Crippen MR) is 275 cm³/mol. The van der Waals surface area contributed by atoms with Gasteiger partial charge in [-0.25, -0.2) is 0 Å². The molecule has 7 atom stereocenters. The van der Waals surface area contributed by atoms with E-state index in [0.29, 0.717) is 16.9 Å². The summed E-state index contributed by atoms with van der Waals surface area (Å²) in [6.07, 6.45) is 47.0. The molecular weight excluding hydrogens is 787 g/mol. The van der Waals surface area contributed by atoms with E-state index in [0.717, 1.165) is 94.5 Å². The average molecular weight is 899 g/mol. The lowest BCUT2D eigenvalue weighted by molar-refractivity contribution is -0.0811. The molecule has 64 heavy (non-hydrogen) atoms. The van der Waals surface area contributed by atoms with E-state index in [1.807, 2.05) is 0 Å². The van der Waals surface area contributed by atoms with Gasteiger partial charge in [-0.2, -0.15) is 0 Å². The van der Waals surface area contributed by atoms with Gasteiger partial charge >= 0.3 is 0 Å². The number of rotatable bonds is 37. The average Bonchev–Trinajstić information content (AvgIpc) is 3.65.